The first-order valence-electron chi connectivity index (χ1n) is 11.1. The van der Waals surface area contributed by atoms with E-state index in [0.29, 0.717) is 21.8 Å². The predicted molar refractivity (Wildman–Crippen MR) is 132 cm³/mol. The summed E-state index contributed by atoms with van der Waals surface area (Å²) in [6.45, 7) is 2.00. The molecular formula is C25H25ClN6O. The summed E-state index contributed by atoms with van der Waals surface area (Å²) in [5.41, 5.74) is 16.6. The van der Waals surface area contributed by atoms with Crippen molar-refractivity contribution in [1.29, 1.82) is 0 Å². The number of hydrogen-bond donors (Lipinski definition) is 2. The molecule has 0 radical (unpaired) electrons. The van der Waals surface area contributed by atoms with Crippen molar-refractivity contribution in [3.8, 4) is 22.3 Å². The molecule has 0 saturated heterocycles. The molecule has 5 rings (SSSR count). The molecule has 4 N–H and O–H groups in total. The fourth-order valence-electron chi connectivity index (χ4n) is 4.65. The van der Waals surface area contributed by atoms with Crippen LogP contribution in [0.3, 0.4) is 0 Å². The Bertz CT molecular complexity index is 1410. The summed E-state index contributed by atoms with van der Waals surface area (Å²) in [7, 11) is 0. The van der Waals surface area contributed by atoms with Crippen molar-refractivity contribution in [2.24, 2.45) is 5.73 Å². The van der Waals surface area contributed by atoms with E-state index >= 15 is 0 Å². The molecule has 4 aromatic rings. The van der Waals surface area contributed by atoms with Gasteiger partial charge in [-0.1, -0.05) is 23.7 Å². The lowest BCUT2D eigenvalue weighted by atomic mass is 9.91. The molecule has 1 aliphatic rings. The summed E-state index contributed by atoms with van der Waals surface area (Å²) in [5, 5.41) is 1.25. The van der Waals surface area contributed by atoms with E-state index in [-0.39, 0.29) is 23.6 Å². The SMILES string of the molecule is Cc1cncc(-c2ccc(-c3cc4cnc(N)nc4n([C@H]4CC[C@@H](N)CC4)c3=O)c(Cl)c2)c1. The van der Waals surface area contributed by atoms with Crippen LogP contribution in [0, 0.1) is 6.92 Å². The zero-order valence-corrected chi connectivity index (χ0v) is 19.1. The van der Waals surface area contributed by atoms with Crippen LogP contribution in [0.1, 0.15) is 37.3 Å². The topological polar surface area (TPSA) is 113 Å². The fourth-order valence-corrected chi connectivity index (χ4v) is 4.93. The van der Waals surface area contributed by atoms with Gasteiger partial charge in [0.25, 0.3) is 5.56 Å². The number of hydrogen-bond acceptors (Lipinski definition) is 6. The molecule has 1 aromatic carbocycles. The minimum Gasteiger partial charge on any atom is -0.368 e. The second-order valence-electron chi connectivity index (χ2n) is 8.75. The molecule has 0 spiro atoms. The van der Waals surface area contributed by atoms with Crippen LogP contribution in [0.25, 0.3) is 33.3 Å². The van der Waals surface area contributed by atoms with Gasteiger partial charge in [-0.25, -0.2) is 4.98 Å². The van der Waals surface area contributed by atoms with Crippen LogP contribution >= 0.6 is 11.6 Å². The maximum atomic E-state index is 13.8. The third kappa shape index (κ3) is 4.10. The largest absolute Gasteiger partial charge is 0.368 e. The van der Waals surface area contributed by atoms with Crippen LogP contribution in [0.4, 0.5) is 5.95 Å². The van der Waals surface area contributed by atoms with E-state index < -0.39 is 0 Å². The Labute approximate surface area is 196 Å². The average molecular weight is 461 g/mol. The molecule has 0 unspecified atom stereocenters. The van der Waals surface area contributed by atoms with Gasteiger partial charge in [0.05, 0.1) is 0 Å². The average Bonchev–Trinajstić information content (AvgIpc) is 2.80. The smallest absolute Gasteiger partial charge is 0.260 e. The first-order chi connectivity index (χ1) is 15.9. The third-order valence-corrected chi connectivity index (χ3v) is 6.68. The highest BCUT2D eigenvalue weighted by Gasteiger charge is 2.25. The lowest BCUT2D eigenvalue weighted by molar-refractivity contribution is 0.324. The van der Waals surface area contributed by atoms with Gasteiger partial charge in [-0.15, -0.1) is 0 Å². The highest BCUT2D eigenvalue weighted by Crippen LogP contribution is 2.34. The number of aryl methyl sites for hydroxylation is 1. The quantitative estimate of drug-likeness (QED) is 0.465. The van der Waals surface area contributed by atoms with Crippen LogP contribution in [0.15, 0.2) is 53.7 Å². The first kappa shape index (κ1) is 21.6. The molecule has 0 aliphatic heterocycles. The van der Waals surface area contributed by atoms with Crippen LogP contribution in [0.5, 0.6) is 0 Å². The second kappa shape index (κ2) is 8.57. The van der Waals surface area contributed by atoms with Crippen molar-refractivity contribution in [1.82, 2.24) is 19.5 Å². The minimum atomic E-state index is -0.132. The lowest BCUT2D eigenvalue weighted by Crippen LogP contribution is -2.33. The maximum Gasteiger partial charge on any atom is 0.260 e. The van der Waals surface area contributed by atoms with E-state index in [1.165, 1.54) is 0 Å². The zero-order valence-electron chi connectivity index (χ0n) is 18.3. The van der Waals surface area contributed by atoms with Gasteiger partial charge < -0.3 is 11.5 Å². The molecular weight excluding hydrogens is 436 g/mol. The first-order valence-corrected chi connectivity index (χ1v) is 11.4. The fraction of sp³-hybridized carbons (Fsp3) is 0.280. The third-order valence-electron chi connectivity index (χ3n) is 6.37. The number of nitrogens with zero attached hydrogens (tertiary/aromatic N) is 4. The summed E-state index contributed by atoms with van der Waals surface area (Å²) in [5.74, 6) is 0.144. The van der Waals surface area contributed by atoms with Gasteiger partial charge in [-0.2, -0.15) is 4.98 Å². The molecule has 3 aromatic heterocycles. The molecule has 8 heteroatoms. The van der Waals surface area contributed by atoms with E-state index in [1.54, 1.807) is 23.0 Å². The highest BCUT2D eigenvalue weighted by molar-refractivity contribution is 6.33. The number of anilines is 1. The van der Waals surface area contributed by atoms with Crippen molar-refractivity contribution in [3.63, 3.8) is 0 Å². The van der Waals surface area contributed by atoms with Crippen molar-refractivity contribution in [2.75, 3.05) is 5.73 Å². The molecule has 7 nitrogen and oxygen atoms in total. The molecule has 1 aliphatic carbocycles. The lowest BCUT2D eigenvalue weighted by Gasteiger charge is -2.29. The van der Waals surface area contributed by atoms with Gasteiger partial charge in [0.2, 0.25) is 5.95 Å². The monoisotopic (exact) mass is 460 g/mol. The number of nitrogen functional groups attached to an aromatic ring is 1. The van der Waals surface area contributed by atoms with Gasteiger partial charge in [0.1, 0.15) is 5.65 Å². The normalized spacial score (nSPS) is 18.5. The van der Waals surface area contributed by atoms with Crippen LogP contribution in [-0.2, 0) is 0 Å². The van der Waals surface area contributed by atoms with Gasteiger partial charge in [-0.3, -0.25) is 14.3 Å². The predicted octanol–water partition coefficient (Wildman–Crippen LogP) is 4.51. The Morgan fingerprint density at radius 1 is 1.00 bits per heavy atom. The molecule has 1 saturated carbocycles. The van der Waals surface area contributed by atoms with E-state index in [4.69, 9.17) is 23.1 Å². The van der Waals surface area contributed by atoms with E-state index in [1.807, 2.05) is 31.3 Å². The van der Waals surface area contributed by atoms with Crippen LogP contribution in [-0.4, -0.2) is 25.6 Å². The molecule has 33 heavy (non-hydrogen) atoms. The summed E-state index contributed by atoms with van der Waals surface area (Å²) in [6.07, 6.45) is 8.63. The van der Waals surface area contributed by atoms with Gasteiger partial charge in [0, 0.05) is 57.8 Å². The van der Waals surface area contributed by atoms with Gasteiger partial charge in [-0.05, 0) is 61.9 Å². The zero-order chi connectivity index (χ0) is 23.1. The molecule has 1 fully saturated rings. The number of aromatic nitrogens is 4. The van der Waals surface area contributed by atoms with Crippen LogP contribution in [0.2, 0.25) is 5.02 Å². The highest BCUT2D eigenvalue weighted by atomic mass is 35.5. The van der Waals surface area contributed by atoms with Gasteiger partial charge >= 0.3 is 0 Å². The Kier molecular flexibility index (Phi) is 5.60. The Balaban J connectivity index is 1.66. The van der Waals surface area contributed by atoms with E-state index in [2.05, 4.69) is 21.0 Å². The number of pyridine rings is 2. The molecule has 3 heterocycles. The van der Waals surface area contributed by atoms with Crippen molar-refractivity contribution < 1.29 is 0 Å². The van der Waals surface area contributed by atoms with Crippen molar-refractivity contribution in [2.45, 2.75) is 44.7 Å². The standard InChI is InChI=1S/C25H25ClN6O/c1-14-8-16(12-29-11-14)15-2-7-20(22(26)10-15)21-9-17-13-30-25(28)31-23(17)32(24(21)33)19-5-3-18(27)4-6-19/h2,7-13,18-19H,3-6,27H2,1H3,(H2,28,30,31)/t18-,19+. The molecule has 0 atom stereocenters. The summed E-state index contributed by atoms with van der Waals surface area (Å²) in [4.78, 5) is 26.6. The second-order valence-corrected chi connectivity index (χ2v) is 9.16. The van der Waals surface area contributed by atoms with Crippen molar-refractivity contribution >= 4 is 28.6 Å². The van der Waals surface area contributed by atoms with Crippen molar-refractivity contribution in [3.05, 3.63) is 69.9 Å². The Morgan fingerprint density at radius 3 is 2.52 bits per heavy atom. The molecule has 168 valence electrons. The summed E-state index contributed by atoms with van der Waals surface area (Å²) < 4.78 is 1.77. The number of fused-ring (bicyclic) bond motifs is 1. The number of halogens is 1. The number of nitrogens with two attached hydrogens (primary N) is 2. The summed E-state index contributed by atoms with van der Waals surface area (Å²) in [6, 6.07) is 9.76. The summed E-state index contributed by atoms with van der Waals surface area (Å²) >= 11 is 6.72. The van der Waals surface area contributed by atoms with Gasteiger partial charge in [0.15, 0.2) is 0 Å². The number of benzene rings is 1. The molecule has 0 amide bonds. The molecule has 0 bridgehead atoms. The minimum absolute atomic E-state index is 0.00506. The Hall–Kier alpha value is -3.29. The number of rotatable bonds is 3. The van der Waals surface area contributed by atoms with Crippen LogP contribution < -0.4 is 17.0 Å². The van der Waals surface area contributed by atoms with E-state index in [0.717, 1.165) is 47.8 Å². The van der Waals surface area contributed by atoms with E-state index in [9.17, 15) is 4.79 Å². The maximum absolute atomic E-state index is 13.8. The Morgan fingerprint density at radius 2 is 1.79 bits per heavy atom.